The van der Waals surface area contributed by atoms with Crippen LogP contribution in [-0.2, 0) is 11.2 Å². The summed E-state index contributed by atoms with van der Waals surface area (Å²) in [7, 11) is 1.28. The molecule has 1 fully saturated rings. The average Bonchev–Trinajstić information content (AvgIpc) is 2.94. The maximum atomic E-state index is 13.4. The fraction of sp³-hybridized carbons (Fsp3) is 0.480. The van der Waals surface area contributed by atoms with Crippen LogP contribution >= 0.6 is 0 Å². The van der Waals surface area contributed by atoms with Crippen molar-refractivity contribution in [2.24, 2.45) is 0 Å². The van der Waals surface area contributed by atoms with E-state index in [1.54, 1.807) is 6.07 Å². The Morgan fingerprint density at radius 3 is 2.48 bits per heavy atom. The molecule has 1 heterocycles. The number of aliphatic hydroxyl groups is 1. The van der Waals surface area contributed by atoms with Crippen molar-refractivity contribution in [2.45, 2.75) is 26.2 Å². The van der Waals surface area contributed by atoms with Gasteiger partial charge in [0.25, 0.3) is 0 Å². The smallest absolute Gasteiger partial charge is 0.161 e. The third kappa shape index (κ3) is 6.79. The first-order chi connectivity index (χ1) is 21.2. The lowest BCUT2D eigenvalue weighted by Crippen LogP contribution is -2.50. The van der Waals surface area contributed by atoms with Crippen LogP contribution in [0.5, 0.6) is 11.5 Å². The molecule has 1 atom stereocenters. The van der Waals surface area contributed by atoms with Crippen molar-refractivity contribution in [3.05, 3.63) is 59.1 Å². The highest BCUT2D eigenvalue weighted by atomic mass is 16.5. The number of ether oxygens (including phenoxy) is 2. The van der Waals surface area contributed by atoms with Crippen molar-refractivity contribution >= 4 is 5.78 Å². The first-order valence-electron chi connectivity index (χ1n) is 17.4. The minimum absolute atomic E-state index is 0.0544. The molecule has 0 aromatic heterocycles. The lowest BCUT2D eigenvalue weighted by Gasteiger charge is -2.35. The van der Waals surface area contributed by atoms with Gasteiger partial charge in [0.05, 0.1) is 24.6 Å². The summed E-state index contributed by atoms with van der Waals surface area (Å²) >= 11 is 0. The van der Waals surface area contributed by atoms with Gasteiger partial charge >= 0.3 is 0 Å². The molecule has 0 amide bonds. The number of methoxy groups -OCH3 is 1. The first-order valence-corrected chi connectivity index (χ1v) is 9.44. The molecule has 0 bridgehead atoms. The van der Waals surface area contributed by atoms with Crippen LogP contribution in [0.15, 0.2) is 42.4 Å². The first kappa shape index (κ1) is 10.0. The fourth-order valence-electron chi connectivity index (χ4n) is 2.89. The third-order valence-corrected chi connectivity index (χ3v) is 4.47. The van der Waals surface area contributed by atoms with E-state index in [2.05, 4.69) is 0 Å². The zero-order valence-corrected chi connectivity index (χ0v) is 16.9. The molecule has 3 rings (SSSR count). The van der Waals surface area contributed by atoms with Gasteiger partial charge in [0, 0.05) is 50.1 Å². The van der Waals surface area contributed by atoms with Gasteiger partial charge in [-0.3, -0.25) is 14.6 Å². The van der Waals surface area contributed by atoms with Crippen molar-refractivity contribution in [1.29, 1.82) is 0 Å². The van der Waals surface area contributed by atoms with Gasteiger partial charge in [0.15, 0.2) is 17.3 Å². The van der Waals surface area contributed by atoms with E-state index in [1.807, 2.05) is 0 Å². The molecular weight excluding hydrogens is 392 g/mol. The van der Waals surface area contributed by atoms with Gasteiger partial charge in [-0.2, -0.15) is 0 Å². The fourth-order valence-corrected chi connectivity index (χ4v) is 2.89. The molecule has 0 saturated carbocycles. The summed E-state index contributed by atoms with van der Waals surface area (Å²) in [5.41, 5.74) is -2.67. The van der Waals surface area contributed by atoms with Gasteiger partial charge in [0.1, 0.15) is 12.6 Å². The Bertz CT molecular complexity index is 1440. The minimum atomic E-state index is -3.57. The van der Waals surface area contributed by atoms with Crippen LogP contribution in [-0.4, -0.2) is 79.6 Å². The van der Waals surface area contributed by atoms with Gasteiger partial charge < -0.3 is 14.6 Å². The van der Waals surface area contributed by atoms with E-state index in [4.69, 9.17) is 31.4 Å². The normalized spacial score (nSPS) is 26.9. The summed E-state index contributed by atoms with van der Waals surface area (Å²) in [4.78, 5) is 15.2. The van der Waals surface area contributed by atoms with Crippen LogP contribution in [0.4, 0.5) is 0 Å². The summed E-state index contributed by atoms with van der Waals surface area (Å²) in [6.07, 6.45) is -4.72. The molecule has 168 valence electrons. The van der Waals surface area contributed by atoms with E-state index in [0.717, 1.165) is 9.80 Å². The Hall–Kier alpha value is -2.41. The maximum absolute atomic E-state index is 13.4. The summed E-state index contributed by atoms with van der Waals surface area (Å²) in [6, 6.07) is 2.79. The molecule has 31 heavy (non-hydrogen) atoms. The Labute approximate surface area is 207 Å². The average molecular weight is 443 g/mol. The molecule has 1 unspecified atom stereocenters. The minimum Gasteiger partial charge on any atom is -0.493 e. The second-order valence-electron chi connectivity index (χ2n) is 6.60. The zero-order valence-electron chi connectivity index (χ0n) is 32.9. The predicted molar refractivity (Wildman–Crippen MR) is 122 cm³/mol. The third-order valence-electron chi connectivity index (χ3n) is 4.47. The Morgan fingerprint density at radius 2 is 1.84 bits per heavy atom. The lowest BCUT2D eigenvalue weighted by molar-refractivity contribution is -0.120. The van der Waals surface area contributed by atoms with E-state index < -0.39 is 113 Å². The number of hydrogen-bond donors (Lipinski definition) is 1. The monoisotopic (exact) mass is 442 g/mol. The molecule has 6 nitrogen and oxygen atoms in total. The number of benzene rings is 2. The number of nitrogens with zero attached hydrogens (tertiary/aromatic N) is 2. The quantitative estimate of drug-likeness (QED) is 0.610. The Morgan fingerprint density at radius 1 is 1.19 bits per heavy atom. The van der Waals surface area contributed by atoms with Gasteiger partial charge in [-0.05, 0) is 42.5 Å². The number of hydrogen-bond acceptors (Lipinski definition) is 6. The molecule has 1 aliphatic rings. The van der Waals surface area contributed by atoms with Crippen LogP contribution in [0.25, 0.3) is 0 Å². The summed E-state index contributed by atoms with van der Waals surface area (Å²) < 4.78 is 140. The highest BCUT2D eigenvalue weighted by Gasteiger charge is 2.21. The van der Waals surface area contributed by atoms with Crippen molar-refractivity contribution in [3.8, 4) is 11.5 Å². The maximum Gasteiger partial charge on any atom is 0.161 e. The SMILES string of the molecule is [2H]c1c([2H])c(C([2H])([2H])[2H])c(CC(=O)C([2H])([2H])N2CCN(C([2H])([2H])C([2H])(O)C([2H])([2H])Oc3ccccc3OC)CC2)c(C([2H])([2H])[2H])c1[2H]. The van der Waals surface area contributed by atoms with Crippen LogP contribution in [0.2, 0.25) is 0 Å². The van der Waals surface area contributed by atoms with Crippen LogP contribution in [0.1, 0.15) is 38.6 Å². The van der Waals surface area contributed by atoms with Gasteiger partial charge in [-0.1, -0.05) is 30.3 Å². The van der Waals surface area contributed by atoms with Gasteiger partial charge in [0.2, 0.25) is 0 Å². The number of β-amino-alcohol motifs (C(OH)–C–C–N with tert-alkyl or cyclic N) is 1. The van der Waals surface area contributed by atoms with E-state index in [9.17, 15) is 9.90 Å². The largest absolute Gasteiger partial charge is 0.493 e. The number of carbonyl (C=O) groups is 1. The molecule has 2 aromatic carbocycles. The second-order valence-corrected chi connectivity index (χ2v) is 6.60. The van der Waals surface area contributed by atoms with Crippen molar-refractivity contribution < 1.29 is 41.3 Å². The Balaban J connectivity index is 1.86. The number of ketones is 1. The van der Waals surface area contributed by atoms with E-state index in [-0.39, 0.29) is 11.5 Å². The Kier molecular flexibility index (Phi) is 3.65. The standard InChI is InChI=1S/C25H34N2O4/c1-19-7-6-8-20(2)23(19)15-21(28)16-26-11-13-27(14-12-26)17-22(29)18-31-25-10-5-4-9-24(25)30-3/h4-10,22,29H,11-18H2,1-3H3/i1D3,2D3,6D,7D,8D,16D2,17D2,18D2,22D. The van der Waals surface area contributed by atoms with Crippen LogP contribution in [0.3, 0.4) is 0 Å². The molecule has 1 aliphatic heterocycles. The molecular formula is C25H34N2O4. The van der Waals surface area contributed by atoms with E-state index >= 15 is 0 Å². The summed E-state index contributed by atoms with van der Waals surface area (Å²) in [5.74, 6) is -1.49. The molecule has 2 aromatic rings. The number of Topliss-reactive ketones (excluding diaryl/α,β-unsaturated/α-hetero) is 1. The van der Waals surface area contributed by atoms with Gasteiger partial charge in [-0.25, -0.2) is 0 Å². The number of piperazine rings is 1. The van der Waals surface area contributed by atoms with Crippen molar-refractivity contribution in [3.63, 3.8) is 0 Å². The lowest BCUT2D eigenvalue weighted by atomic mass is 9.98. The van der Waals surface area contributed by atoms with Crippen molar-refractivity contribution in [2.75, 3.05) is 52.8 Å². The highest BCUT2D eigenvalue weighted by molar-refractivity contribution is 5.83. The van der Waals surface area contributed by atoms with Crippen LogP contribution in [0, 0.1) is 13.7 Å². The summed E-state index contributed by atoms with van der Waals surface area (Å²) in [6.45, 7) is -17.5. The predicted octanol–water partition coefficient (Wildman–Crippen LogP) is 2.48. The molecule has 0 aliphatic carbocycles. The topological polar surface area (TPSA) is 62.2 Å². The molecule has 1 saturated heterocycles. The van der Waals surface area contributed by atoms with Crippen molar-refractivity contribution in [1.82, 2.24) is 9.80 Å². The number of rotatable bonds is 10. The molecule has 0 spiro atoms. The number of carbonyl (C=O) groups excluding carboxylic acids is 1. The van der Waals surface area contributed by atoms with E-state index in [1.165, 1.54) is 25.3 Å². The number of para-hydroxylation sites is 2. The summed E-state index contributed by atoms with van der Waals surface area (Å²) in [5, 5.41) is 10.9. The van der Waals surface area contributed by atoms with E-state index in [0.29, 0.717) is 0 Å². The van der Waals surface area contributed by atoms with Gasteiger partial charge in [-0.15, -0.1) is 0 Å². The second kappa shape index (κ2) is 11.3. The zero-order chi connectivity index (χ0) is 36.1. The van der Waals surface area contributed by atoms with Crippen LogP contribution < -0.4 is 9.47 Å². The molecule has 1 N–H and O–H groups in total. The molecule has 0 radical (unpaired) electrons. The molecule has 6 heteroatoms. The highest BCUT2D eigenvalue weighted by Crippen LogP contribution is 2.25.